The lowest BCUT2D eigenvalue weighted by Crippen LogP contribution is -2.12. The Labute approximate surface area is 130 Å². The van der Waals surface area contributed by atoms with Gasteiger partial charge in [0.1, 0.15) is 0 Å². The summed E-state index contributed by atoms with van der Waals surface area (Å²) in [5, 5.41) is 6.70. The highest BCUT2D eigenvalue weighted by Crippen LogP contribution is 2.26. The molecule has 0 aliphatic carbocycles. The molecule has 0 unspecified atom stereocenters. The average molecular weight is 352 g/mol. The van der Waals surface area contributed by atoms with Gasteiger partial charge in [-0.25, -0.2) is 0 Å². The van der Waals surface area contributed by atoms with Gasteiger partial charge in [-0.1, -0.05) is 11.6 Å². The second kappa shape index (κ2) is 5.46. The zero-order valence-corrected chi connectivity index (χ0v) is 12.9. The van der Waals surface area contributed by atoms with E-state index in [1.54, 1.807) is 6.07 Å². The van der Waals surface area contributed by atoms with E-state index in [9.17, 15) is 4.79 Å². The summed E-state index contributed by atoms with van der Waals surface area (Å²) in [6, 6.07) is 11.1. The van der Waals surface area contributed by atoms with Crippen LogP contribution >= 0.6 is 27.5 Å². The van der Waals surface area contributed by atoms with Crippen molar-refractivity contribution in [1.82, 2.24) is 0 Å². The molecule has 0 bridgehead atoms. The number of nitrogens with one attached hydrogen (secondary N) is 2. The van der Waals surface area contributed by atoms with E-state index in [4.69, 9.17) is 11.6 Å². The van der Waals surface area contributed by atoms with E-state index < -0.39 is 0 Å². The van der Waals surface area contributed by atoms with Crippen molar-refractivity contribution in [3.8, 4) is 0 Å². The van der Waals surface area contributed by atoms with Crippen LogP contribution in [-0.4, -0.2) is 12.5 Å². The molecule has 2 aromatic carbocycles. The molecule has 102 valence electrons. The SMILES string of the molecule is O=C(Nc1ccc(Br)c(Cl)c1)c1ccc2c(c1)CCN2. The lowest BCUT2D eigenvalue weighted by molar-refractivity contribution is 0.102. The lowest BCUT2D eigenvalue weighted by atomic mass is 10.1. The van der Waals surface area contributed by atoms with Crippen molar-refractivity contribution in [1.29, 1.82) is 0 Å². The summed E-state index contributed by atoms with van der Waals surface area (Å²) in [6.07, 6.45) is 0.959. The third-order valence-electron chi connectivity index (χ3n) is 3.25. The Hall–Kier alpha value is -1.52. The van der Waals surface area contributed by atoms with Crippen molar-refractivity contribution < 1.29 is 4.79 Å². The van der Waals surface area contributed by atoms with Gasteiger partial charge in [-0.05, 0) is 64.3 Å². The molecule has 1 amide bonds. The van der Waals surface area contributed by atoms with Gasteiger partial charge in [-0.2, -0.15) is 0 Å². The standard InChI is InChI=1S/C15H12BrClN2O/c16-12-3-2-11(8-13(12)17)19-15(20)10-1-4-14-9(7-10)5-6-18-14/h1-4,7-8,18H,5-6H2,(H,19,20). The van der Waals surface area contributed by atoms with Crippen LogP contribution in [0.3, 0.4) is 0 Å². The Morgan fingerprint density at radius 1 is 1.25 bits per heavy atom. The number of fused-ring (bicyclic) bond motifs is 1. The van der Waals surface area contributed by atoms with E-state index in [1.165, 1.54) is 5.56 Å². The van der Waals surface area contributed by atoms with Crippen LogP contribution in [0.5, 0.6) is 0 Å². The van der Waals surface area contributed by atoms with Crippen LogP contribution in [0, 0.1) is 0 Å². The molecule has 0 aromatic heterocycles. The number of benzene rings is 2. The first kappa shape index (κ1) is 13.5. The van der Waals surface area contributed by atoms with Crippen LogP contribution in [0.1, 0.15) is 15.9 Å². The maximum Gasteiger partial charge on any atom is 0.255 e. The fraction of sp³-hybridized carbons (Fsp3) is 0.133. The molecule has 0 radical (unpaired) electrons. The predicted molar refractivity (Wildman–Crippen MR) is 85.7 cm³/mol. The number of rotatable bonds is 2. The fourth-order valence-electron chi connectivity index (χ4n) is 2.22. The summed E-state index contributed by atoms with van der Waals surface area (Å²) in [5.41, 5.74) is 3.65. The van der Waals surface area contributed by atoms with Gasteiger partial charge in [-0.15, -0.1) is 0 Å². The van der Waals surface area contributed by atoms with E-state index in [-0.39, 0.29) is 5.91 Å². The smallest absolute Gasteiger partial charge is 0.255 e. The summed E-state index contributed by atoms with van der Waals surface area (Å²) in [5.74, 6) is -0.127. The third-order valence-corrected chi connectivity index (χ3v) is 4.49. The highest BCUT2D eigenvalue weighted by atomic mass is 79.9. The number of hydrogen-bond acceptors (Lipinski definition) is 2. The molecule has 5 heteroatoms. The largest absolute Gasteiger partial charge is 0.384 e. The minimum Gasteiger partial charge on any atom is -0.384 e. The second-order valence-electron chi connectivity index (χ2n) is 4.63. The van der Waals surface area contributed by atoms with Crippen molar-refractivity contribution in [3.05, 3.63) is 57.0 Å². The molecular weight excluding hydrogens is 340 g/mol. The van der Waals surface area contributed by atoms with Gasteiger partial charge in [-0.3, -0.25) is 4.79 Å². The zero-order chi connectivity index (χ0) is 14.1. The summed E-state index contributed by atoms with van der Waals surface area (Å²) in [7, 11) is 0. The Kier molecular flexibility index (Phi) is 3.68. The molecule has 1 heterocycles. The summed E-state index contributed by atoms with van der Waals surface area (Å²) in [4.78, 5) is 12.2. The molecule has 2 aromatic rings. The predicted octanol–water partition coefficient (Wildman–Crippen LogP) is 4.32. The quantitative estimate of drug-likeness (QED) is 0.846. The van der Waals surface area contributed by atoms with E-state index in [0.717, 1.165) is 23.1 Å². The number of anilines is 2. The van der Waals surface area contributed by atoms with Gasteiger partial charge in [0.05, 0.1) is 5.02 Å². The molecule has 0 saturated heterocycles. The number of halogens is 2. The zero-order valence-electron chi connectivity index (χ0n) is 10.5. The molecule has 20 heavy (non-hydrogen) atoms. The number of carbonyl (C=O) groups excluding carboxylic acids is 1. The summed E-state index contributed by atoms with van der Waals surface area (Å²) >= 11 is 9.34. The summed E-state index contributed by atoms with van der Waals surface area (Å²) < 4.78 is 0.806. The van der Waals surface area contributed by atoms with Gasteiger partial charge in [0, 0.05) is 28.0 Å². The number of carbonyl (C=O) groups is 1. The Morgan fingerprint density at radius 3 is 2.90 bits per heavy atom. The topological polar surface area (TPSA) is 41.1 Å². The van der Waals surface area contributed by atoms with Gasteiger partial charge in [0.25, 0.3) is 5.91 Å². The molecule has 0 atom stereocenters. The molecular formula is C15H12BrClN2O. The van der Waals surface area contributed by atoms with Crippen LogP contribution < -0.4 is 10.6 Å². The maximum atomic E-state index is 12.2. The lowest BCUT2D eigenvalue weighted by Gasteiger charge is -2.08. The fourth-order valence-corrected chi connectivity index (χ4v) is 2.65. The minimum atomic E-state index is -0.127. The number of amides is 1. The molecule has 0 spiro atoms. The van der Waals surface area contributed by atoms with Crippen LogP contribution in [0.15, 0.2) is 40.9 Å². The van der Waals surface area contributed by atoms with Crippen molar-refractivity contribution in [2.75, 3.05) is 17.2 Å². The second-order valence-corrected chi connectivity index (χ2v) is 5.89. The molecule has 0 saturated carbocycles. The van der Waals surface area contributed by atoms with E-state index in [0.29, 0.717) is 16.3 Å². The molecule has 2 N–H and O–H groups in total. The van der Waals surface area contributed by atoms with Crippen molar-refractivity contribution in [3.63, 3.8) is 0 Å². The van der Waals surface area contributed by atoms with Crippen LogP contribution in [0.4, 0.5) is 11.4 Å². The third kappa shape index (κ3) is 2.67. The Morgan fingerprint density at radius 2 is 2.10 bits per heavy atom. The van der Waals surface area contributed by atoms with Gasteiger partial charge in [0.15, 0.2) is 0 Å². The van der Waals surface area contributed by atoms with Crippen molar-refractivity contribution >= 4 is 44.8 Å². The molecule has 1 aliphatic heterocycles. The maximum absolute atomic E-state index is 12.2. The first-order valence-electron chi connectivity index (χ1n) is 6.27. The van der Waals surface area contributed by atoms with Gasteiger partial charge >= 0.3 is 0 Å². The van der Waals surface area contributed by atoms with Crippen molar-refractivity contribution in [2.24, 2.45) is 0 Å². The van der Waals surface area contributed by atoms with Gasteiger partial charge in [0.2, 0.25) is 0 Å². The van der Waals surface area contributed by atoms with E-state index >= 15 is 0 Å². The normalized spacial score (nSPS) is 12.7. The first-order chi connectivity index (χ1) is 9.63. The number of hydrogen-bond donors (Lipinski definition) is 2. The molecule has 1 aliphatic rings. The Balaban J connectivity index is 1.80. The van der Waals surface area contributed by atoms with E-state index in [1.807, 2.05) is 30.3 Å². The first-order valence-corrected chi connectivity index (χ1v) is 7.44. The van der Waals surface area contributed by atoms with Crippen LogP contribution in [-0.2, 0) is 6.42 Å². The van der Waals surface area contributed by atoms with Gasteiger partial charge < -0.3 is 10.6 Å². The van der Waals surface area contributed by atoms with Crippen LogP contribution in [0.25, 0.3) is 0 Å². The highest BCUT2D eigenvalue weighted by Gasteiger charge is 2.13. The summed E-state index contributed by atoms with van der Waals surface area (Å²) in [6.45, 7) is 0.933. The molecule has 3 nitrogen and oxygen atoms in total. The van der Waals surface area contributed by atoms with E-state index in [2.05, 4.69) is 26.6 Å². The molecule has 0 fully saturated rings. The molecule has 3 rings (SSSR count). The monoisotopic (exact) mass is 350 g/mol. The van der Waals surface area contributed by atoms with Crippen molar-refractivity contribution in [2.45, 2.75) is 6.42 Å². The minimum absolute atomic E-state index is 0.127. The average Bonchev–Trinajstić information content (AvgIpc) is 2.90. The van der Waals surface area contributed by atoms with Crippen LogP contribution in [0.2, 0.25) is 5.02 Å². The Bertz CT molecular complexity index is 688. The highest BCUT2D eigenvalue weighted by molar-refractivity contribution is 9.10.